The van der Waals surface area contributed by atoms with Crippen molar-refractivity contribution in [3.63, 3.8) is 0 Å². The highest BCUT2D eigenvalue weighted by Gasteiger charge is 2.14. The molecule has 2 N–H and O–H groups in total. The molecule has 0 unspecified atom stereocenters. The number of ketones is 1. The molecular formula is C15H21NO3. The Bertz CT molecular complexity index is 403. The number of unbranched alkanes of at least 4 members (excludes halogenated alkanes) is 1. The number of aliphatic hydroxyl groups is 1. The molecular weight excluding hydrogens is 242 g/mol. The van der Waals surface area contributed by atoms with Crippen LogP contribution in [0, 0.1) is 0 Å². The normalized spacial score (nSPS) is 11.9. The van der Waals surface area contributed by atoms with E-state index in [1.165, 1.54) is 0 Å². The third kappa shape index (κ3) is 5.66. The van der Waals surface area contributed by atoms with Gasteiger partial charge >= 0.3 is 0 Å². The number of hydrogen-bond acceptors (Lipinski definition) is 3. The zero-order chi connectivity index (χ0) is 14.1. The SMILES string of the molecule is CCCC[C@@H](O)C(=O)NCCC(=O)c1ccccc1. The minimum atomic E-state index is -0.966. The zero-order valence-electron chi connectivity index (χ0n) is 11.3. The summed E-state index contributed by atoms with van der Waals surface area (Å²) in [4.78, 5) is 23.2. The number of nitrogens with one attached hydrogen (secondary N) is 1. The van der Waals surface area contributed by atoms with Crippen LogP contribution in [0.5, 0.6) is 0 Å². The molecule has 0 aliphatic rings. The van der Waals surface area contributed by atoms with Gasteiger partial charge in [0.2, 0.25) is 5.91 Å². The highest BCUT2D eigenvalue weighted by atomic mass is 16.3. The molecule has 1 amide bonds. The molecule has 0 spiro atoms. The van der Waals surface area contributed by atoms with Gasteiger partial charge in [0.1, 0.15) is 6.10 Å². The van der Waals surface area contributed by atoms with E-state index in [-0.39, 0.29) is 18.7 Å². The van der Waals surface area contributed by atoms with Gasteiger partial charge < -0.3 is 10.4 Å². The largest absolute Gasteiger partial charge is 0.383 e. The van der Waals surface area contributed by atoms with Crippen LogP contribution in [0.1, 0.15) is 43.0 Å². The second-order valence-corrected chi connectivity index (χ2v) is 4.49. The fourth-order valence-corrected chi connectivity index (χ4v) is 1.71. The molecule has 0 aromatic heterocycles. The maximum atomic E-state index is 11.8. The van der Waals surface area contributed by atoms with Gasteiger partial charge in [-0.05, 0) is 6.42 Å². The van der Waals surface area contributed by atoms with Crippen LogP contribution in [0.2, 0.25) is 0 Å². The van der Waals surface area contributed by atoms with Gasteiger partial charge in [0, 0.05) is 18.5 Å². The van der Waals surface area contributed by atoms with E-state index >= 15 is 0 Å². The molecule has 0 saturated heterocycles. The van der Waals surface area contributed by atoms with E-state index in [4.69, 9.17) is 0 Å². The molecule has 0 heterocycles. The summed E-state index contributed by atoms with van der Waals surface area (Å²) in [6, 6.07) is 8.96. The molecule has 0 bridgehead atoms. The highest BCUT2D eigenvalue weighted by Crippen LogP contribution is 2.03. The van der Waals surface area contributed by atoms with Crippen molar-refractivity contribution in [1.29, 1.82) is 0 Å². The highest BCUT2D eigenvalue weighted by molar-refractivity contribution is 5.96. The molecule has 0 aliphatic heterocycles. The van der Waals surface area contributed by atoms with Crippen LogP contribution in [0.3, 0.4) is 0 Å². The molecule has 4 nitrogen and oxygen atoms in total. The number of amides is 1. The number of aliphatic hydroxyl groups excluding tert-OH is 1. The number of carbonyl (C=O) groups excluding carboxylic acids is 2. The van der Waals surface area contributed by atoms with Gasteiger partial charge in [-0.1, -0.05) is 50.1 Å². The fraction of sp³-hybridized carbons (Fsp3) is 0.467. The van der Waals surface area contributed by atoms with E-state index in [0.29, 0.717) is 12.0 Å². The number of hydrogen-bond donors (Lipinski definition) is 2. The molecule has 104 valence electrons. The summed E-state index contributed by atoms with van der Waals surface area (Å²) >= 11 is 0. The van der Waals surface area contributed by atoms with Gasteiger partial charge in [0.15, 0.2) is 5.78 Å². The first-order chi connectivity index (χ1) is 9.15. The lowest BCUT2D eigenvalue weighted by atomic mass is 10.1. The Morgan fingerprint density at radius 1 is 1.26 bits per heavy atom. The van der Waals surface area contributed by atoms with Crippen LogP contribution in [0.4, 0.5) is 0 Å². The van der Waals surface area contributed by atoms with E-state index < -0.39 is 12.0 Å². The molecule has 19 heavy (non-hydrogen) atoms. The van der Waals surface area contributed by atoms with Crippen molar-refractivity contribution in [3.8, 4) is 0 Å². The van der Waals surface area contributed by atoms with Crippen LogP contribution in [0.15, 0.2) is 30.3 Å². The Morgan fingerprint density at radius 3 is 2.58 bits per heavy atom. The maximum absolute atomic E-state index is 11.8. The number of carbonyl (C=O) groups is 2. The van der Waals surface area contributed by atoms with Crippen molar-refractivity contribution in [2.24, 2.45) is 0 Å². The second-order valence-electron chi connectivity index (χ2n) is 4.49. The fourth-order valence-electron chi connectivity index (χ4n) is 1.71. The molecule has 0 radical (unpaired) electrons. The van der Waals surface area contributed by atoms with E-state index in [1.807, 2.05) is 13.0 Å². The van der Waals surface area contributed by atoms with Gasteiger partial charge in [0.25, 0.3) is 0 Å². The van der Waals surface area contributed by atoms with Crippen molar-refractivity contribution in [2.75, 3.05) is 6.54 Å². The van der Waals surface area contributed by atoms with Crippen molar-refractivity contribution in [2.45, 2.75) is 38.7 Å². The molecule has 0 aliphatic carbocycles. The van der Waals surface area contributed by atoms with Crippen LogP contribution in [-0.4, -0.2) is 29.4 Å². The topological polar surface area (TPSA) is 66.4 Å². The van der Waals surface area contributed by atoms with Crippen molar-refractivity contribution in [1.82, 2.24) is 5.32 Å². The molecule has 1 rings (SSSR count). The lowest BCUT2D eigenvalue weighted by Gasteiger charge is -2.10. The predicted molar refractivity (Wildman–Crippen MR) is 73.9 cm³/mol. The van der Waals surface area contributed by atoms with Crippen LogP contribution < -0.4 is 5.32 Å². The standard InChI is InChI=1S/C15H21NO3/c1-2-3-9-14(18)15(19)16-11-10-13(17)12-7-5-4-6-8-12/h4-8,14,18H,2-3,9-11H2,1H3,(H,16,19)/t14-/m1/s1. The average Bonchev–Trinajstić information content (AvgIpc) is 2.45. The Hall–Kier alpha value is -1.68. The number of rotatable bonds is 8. The molecule has 1 aromatic rings. The number of benzene rings is 1. The summed E-state index contributed by atoms with van der Waals surface area (Å²) in [7, 11) is 0. The van der Waals surface area contributed by atoms with Gasteiger partial charge in [-0.3, -0.25) is 9.59 Å². The minimum absolute atomic E-state index is 0.0102. The minimum Gasteiger partial charge on any atom is -0.383 e. The lowest BCUT2D eigenvalue weighted by molar-refractivity contribution is -0.129. The van der Waals surface area contributed by atoms with Crippen molar-refractivity contribution >= 4 is 11.7 Å². The summed E-state index contributed by atoms with van der Waals surface area (Å²) in [5.74, 6) is -0.404. The van der Waals surface area contributed by atoms with E-state index in [9.17, 15) is 14.7 Å². The molecule has 1 atom stereocenters. The summed E-state index contributed by atoms with van der Waals surface area (Å²) in [5.41, 5.74) is 0.642. The average molecular weight is 263 g/mol. The molecule has 4 heteroatoms. The lowest BCUT2D eigenvalue weighted by Crippen LogP contribution is -2.35. The first kappa shape index (κ1) is 15.4. The zero-order valence-corrected chi connectivity index (χ0v) is 11.3. The van der Waals surface area contributed by atoms with E-state index in [1.54, 1.807) is 24.3 Å². The Labute approximate surface area is 113 Å². The van der Waals surface area contributed by atoms with Gasteiger partial charge in [-0.25, -0.2) is 0 Å². The van der Waals surface area contributed by atoms with Crippen LogP contribution >= 0.6 is 0 Å². The molecule has 0 saturated carbocycles. The monoisotopic (exact) mass is 263 g/mol. The number of Topliss-reactive ketones (excluding diaryl/α,β-unsaturated/α-hetero) is 1. The summed E-state index contributed by atoms with van der Waals surface area (Å²) in [6.45, 7) is 2.26. The third-order valence-corrected chi connectivity index (χ3v) is 2.88. The van der Waals surface area contributed by atoms with Gasteiger partial charge in [-0.15, -0.1) is 0 Å². The maximum Gasteiger partial charge on any atom is 0.248 e. The Kier molecular flexibility index (Phi) is 6.82. The van der Waals surface area contributed by atoms with Gasteiger partial charge in [0.05, 0.1) is 0 Å². The summed E-state index contributed by atoms with van der Waals surface area (Å²) in [6.07, 6.45) is 1.51. The Morgan fingerprint density at radius 2 is 1.95 bits per heavy atom. The first-order valence-electron chi connectivity index (χ1n) is 6.69. The van der Waals surface area contributed by atoms with Crippen LogP contribution in [0.25, 0.3) is 0 Å². The predicted octanol–water partition coefficient (Wildman–Crippen LogP) is 1.93. The van der Waals surface area contributed by atoms with Crippen molar-refractivity contribution in [3.05, 3.63) is 35.9 Å². The quantitative estimate of drug-likeness (QED) is 0.704. The second kappa shape index (κ2) is 8.43. The summed E-state index contributed by atoms with van der Waals surface area (Å²) in [5, 5.41) is 12.1. The third-order valence-electron chi connectivity index (χ3n) is 2.88. The molecule has 1 aromatic carbocycles. The van der Waals surface area contributed by atoms with Crippen LogP contribution in [-0.2, 0) is 4.79 Å². The van der Waals surface area contributed by atoms with E-state index in [0.717, 1.165) is 12.8 Å². The Balaban J connectivity index is 2.27. The van der Waals surface area contributed by atoms with Gasteiger partial charge in [-0.2, -0.15) is 0 Å². The summed E-state index contributed by atoms with van der Waals surface area (Å²) < 4.78 is 0. The molecule has 0 fully saturated rings. The van der Waals surface area contributed by atoms with Crippen molar-refractivity contribution < 1.29 is 14.7 Å². The first-order valence-corrected chi connectivity index (χ1v) is 6.69. The smallest absolute Gasteiger partial charge is 0.248 e. The van der Waals surface area contributed by atoms with E-state index in [2.05, 4.69) is 5.32 Å².